The Kier molecular flexibility index (Phi) is 24.0. The molecule has 0 aromatic rings. The summed E-state index contributed by atoms with van der Waals surface area (Å²) >= 11 is 0. The van der Waals surface area contributed by atoms with Crippen LogP contribution in [0.4, 0.5) is 65.9 Å². The van der Waals surface area contributed by atoms with Crippen molar-refractivity contribution in [1.29, 1.82) is 0 Å². The molecule has 0 aliphatic rings. The van der Waals surface area contributed by atoms with E-state index in [1.54, 1.807) is 6.08 Å². The van der Waals surface area contributed by atoms with Crippen LogP contribution in [-0.2, 0) is 20.2 Å². The number of halogens is 15. The Labute approximate surface area is 267 Å². The third-order valence-electron chi connectivity index (χ3n) is 5.64. The highest BCUT2D eigenvalue weighted by Gasteiger charge is 2.69. The van der Waals surface area contributed by atoms with E-state index in [0.717, 1.165) is 0 Å². The fourth-order valence-corrected chi connectivity index (χ4v) is 4.03. The number of alkyl halides is 15. The van der Waals surface area contributed by atoms with Crippen LogP contribution in [0.2, 0.25) is 0 Å². The quantitative estimate of drug-likeness (QED) is 0.0435. The summed E-state index contributed by atoms with van der Waals surface area (Å²) in [7, 11) is -12.7. The van der Waals surface area contributed by atoms with Gasteiger partial charge in [0.25, 0.3) is 0 Å². The molecule has 0 saturated carbocycles. The molecule has 0 bridgehead atoms. The van der Waals surface area contributed by atoms with Gasteiger partial charge in [0.15, 0.2) is 6.17 Å². The number of unbranched alkanes of at least 4 members (excludes halogenated alkanes) is 7. The summed E-state index contributed by atoms with van der Waals surface area (Å²) in [5.41, 5.74) is 4.91. The molecule has 25 heteroatoms. The van der Waals surface area contributed by atoms with Crippen molar-refractivity contribution in [2.24, 2.45) is 5.73 Å². The average molecular weight is 789 g/mol. The third kappa shape index (κ3) is 20.8. The molecule has 0 aliphatic carbocycles. The van der Waals surface area contributed by atoms with Crippen LogP contribution in [0.25, 0.3) is 0 Å². The Bertz CT molecular complexity index is 1100. The summed E-state index contributed by atoms with van der Waals surface area (Å²) in [6.45, 7) is 3.94. The number of rotatable bonds is 19. The maximum atomic E-state index is 13.1. The molecule has 0 spiro atoms. The molecule has 1 atom stereocenters. The van der Waals surface area contributed by atoms with Gasteiger partial charge < -0.3 is 11.9 Å². The summed E-state index contributed by atoms with van der Waals surface area (Å²) in [6.07, 6.45) is -16.8. The van der Waals surface area contributed by atoms with Gasteiger partial charge in [-0.2, -0.15) is 78.3 Å². The van der Waals surface area contributed by atoms with Crippen LogP contribution in [0.5, 0.6) is 0 Å². The Balaban J connectivity index is -0.000000356. The number of hydrogen-bond acceptors (Lipinski definition) is 6. The standard InChI is InChI=1S/C10H14F8O3S.C10H15F7O3S.C3H7N.H3N/c11-7(5-3-1-2-4-6-8(12,13)14)9(15,16)10(17,18)22(19,20)21;11-8(12,10(16,17)21(18,19)20)6-4-2-1-3-5-7-9(13,14)15;1-2-3-4;/h7H,1-6H2,(H,19,20,21);1-7H2,(H,18,19,20);2H,1,3-4H2;1H3. The molecular formula is C23H39F15N2O6S2. The van der Waals surface area contributed by atoms with Crippen LogP contribution in [0.1, 0.15) is 83.5 Å². The Morgan fingerprint density at radius 3 is 1.17 bits per heavy atom. The van der Waals surface area contributed by atoms with E-state index in [1.165, 1.54) is 0 Å². The maximum Gasteiger partial charge on any atom is 0.434 e. The van der Waals surface area contributed by atoms with Crippen LogP contribution in [-0.4, -0.2) is 73.4 Å². The minimum Gasteiger partial charge on any atom is -0.344 e. The van der Waals surface area contributed by atoms with Crippen molar-refractivity contribution in [3.8, 4) is 0 Å². The molecule has 0 radical (unpaired) electrons. The second-order valence-corrected chi connectivity index (χ2v) is 12.7. The SMILES string of the molecule is C=CCN.N.O=S(=O)(O)C(F)(F)C(F)(F)C(F)CCCCCCC(F)(F)F.O=S(=O)(O)C(F)(F)C(F)(F)CCCCCCCC(F)(F)F. The lowest BCUT2D eigenvalue weighted by Gasteiger charge is -2.26. The van der Waals surface area contributed by atoms with E-state index in [-0.39, 0.29) is 51.1 Å². The number of nitrogens with two attached hydrogens (primary N) is 1. The van der Waals surface area contributed by atoms with Gasteiger partial charge in [-0.05, 0) is 25.7 Å². The highest BCUT2D eigenvalue weighted by atomic mass is 32.2. The largest absolute Gasteiger partial charge is 0.434 e. The first-order valence-electron chi connectivity index (χ1n) is 13.3. The molecule has 0 aromatic heterocycles. The van der Waals surface area contributed by atoms with Crippen LogP contribution < -0.4 is 11.9 Å². The predicted octanol–water partition coefficient (Wildman–Crippen LogP) is 9.03. The van der Waals surface area contributed by atoms with Gasteiger partial charge in [0.05, 0.1) is 0 Å². The van der Waals surface area contributed by atoms with E-state index in [0.29, 0.717) is 6.54 Å². The summed E-state index contributed by atoms with van der Waals surface area (Å²) in [5, 5.41) is -11.6. The summed E-state index contributed by atoms with van der Waals surface area (Å²) in [6, 6.07) is 0. The van der Waals surface area contributed by atoms with Crippen molar-refractivity contribution in [3.05, 3.63) is 12.7 Å². The fourth-order valence-electron chi connectivity index (χ4n) is 3.08. The van der Waals surface area contributed by atoms with Gasteiger partial charge in [0.2, 0.25) is 0 Å². The van der Waals surface area contributed by atoms with E-state index >= 15 is 0 Å². The van der Waals surface area contributed by atoms with Gasteiger partial charge in [-0.3, -0.25) is 9.11 Å². The first-order valence-corrected chi connectivity index (χ1v) is 16.2. The van der Waals surface area contributed by atoms with Crippen molar-refractivity contribution >= 4 is 20.2 Å². The van der Waals surface area contributed by atoms with Gasteiger partial charge >= 0.3 is 54.9 Å². The molecule has 1 unspecified atom stereocenters. The summed E-state index contributed by atoms with van der Waals surface area (Å²) in [5.74, 6) is -10.6. The van der Waals surface area contributed by atoms with E-state index in [2.05, 4.69) is 6.58 Å². The average Bonchev–Trinajstić information content (AvgIpc) is 2.87. The van der Waals surface area contributed by atoms with Crippen LogP contribution in [0, 0.1) is 0 Å². The molecule has 0 rings (SSSR count). The lowest BCUT2D eigenvalue weighted by molar-refractivity contribution is -0.198. The van der Waals surface area contributed by atoms with Crippen LogP contribution in [0.3, 0.4) is 0 Å². The highest BCUT2D eigenvalue weighted by molar-refractivity contribution is 7.87. The molecule has 7 N–H and O–H groups in total. The fraction of sp³-hybridized carbons (Fsp3) is 0.913. The van der Waals surface area contributed by atoms with Gasteiger partial charge in [-0.15, -0.1) is 6.58 Å². The lowest BCUT2D eigenvalue weighted by Crippen LogP contribution is -2.52. The topological polar surface area (TPSA) is 170 Å². The second-order valence-electron chi connectivity index (χ2n) is 9.75. The molecule has 0 heterocycles. The van der Waals surface area contributed by atoms with Crippen LogP contribution >= 0.6 is 0 Å². The van der Waals surface area contributed by atoms with E-state index in [1.807, 2.05) is 0 Å². The molecule has 0 aliphatic heterocycles. The molecule has 0 saturated heterocycles. The molecule has 8 nitrogen and oxygen atoms in total. The summed E-state index contributed by atoms with van der Waals surface area (Å²) in [4.78, 5) is 0. The number of hydrogen-bond donors (Lipinski definition) is 4. The first-order chi connectivity index (χ1) is 20.7. The molecule has 0 aromatic carbocycles. The normalized spacial score (nSPS) is 14.1. The van der Waals surface area contributed by atoms with E-state index in [9.17, 15) is 82.7 Å². The monoisotopic (exact) mass is 788 g/mol. The Hall–Kier alpha value is -1.57. The van der Waals surface area contributed by atoms with Gasteiger partial charge in [-0.25, -0.2) is 4.39 Å². The molecule has 294 valence electrons. The van der Waals surface area contributed by atoms with Crippen molar-refractivity contribution in [2.45, 2.75) is 124 Å². The zero-order valence-electron chi connectivity index (χ0n) is 25.1. The van der Waals surface area contributed by atoms with E-state index in [4.69, 9.17) is 14.8 Å². The molecular weight excluding hydrogens is 749 g/mol. The second kappa shape index (κ2) is 21.6. The van der Waals surface area contributed by atoms with Crippen LogP contribution in [0.15, 0.2) is 12.7 Å². The summed E-state index contributed by atoms with van der Waals surface area (Å²) < 4.78 is 244. The molecule has 48 heavy (non-hydrogen) atoms. The minimum absolute atomic E-state index is 0. The lowest BCUT2D eigenvalue weighted by atomic mass is 10.0. The Morgan fingerprint density at radius 2 is 0.875 bits per heavy atom. The minimum atomic E-state index is -6.51. The van der Waals surface area contributed by atoms with Gasteiger partial charge in [0, 0.05) is 25.8 Å². The smallest absolute Gasteiger partial charge is 0.344 e. The molecule has 0 fully saturated rings. The highest BCUT2D eigenvalue weighted by Crippen LogP contribution is 2.44. The zero-order chi connectivity index (χ0) is 38.2. The molecule has 0 amide bonds. The van der Waals surface area contributed by atoms with Gasteiger partial charge in [0.1, 0.15) is 0 Å². The van der Waals surface area contributed by atoms with Crippen molar-refractivity contribution in [2.75, 3.05) is 6.54 Å². The van der Waals surface area contributed by atoms with Crippen molar-refractivity contribution in [3.63, 3.8) is 0 Å². The van der Waals surface area contributed by atoms with Crippen molar-refractivity contribution in [1.82, 2.24) is 6.15 Å². The maximum absolute atomic E-state index is 13.1. The van der Waals surface area contributed by atoms with Gasteiger partial charge in [-0.1, -0.05) is 44.6 Å². The zero-order valence-corrected chi connectivity index (χ0v) is 26.7. The third-order valence-corrected chi connectivity index (χ3v) is 7.51. The van der Waals surface area contributed by atoms with E-state index < -0.39 is 99.6 Å². The van der Waals surface area contributed by atoms with Crippen molar-refractivity contribution < 1.29 is 91.8 Å². The predicted molar refractivity (Wildman–Crippen MR) is 144 cm³/mol. The first kappa shape index (κ1) is 53.2. The Morgan fingerprint density at radius 1 is 0.583 bits per heavy atom.